The summed E-state index contributed by atoms with van der Waals surface area (Å²) in [7, 11) is -2.87. The topological polar surface area (TPSA) is 77.8 Å². The summed E-state index contributed by atoms with van der Waals surface area (Å²) in [5.74, 6) is 0.332. The van der Waals surface area contributed by atoms with Crippen molar-refractivity contribution in [2.45, 2.75) is 40.0 Å². The van der Waals surface area contributed by atoms with Gasteiger partial charge < -0.3 is 5.11 Å². The van der Waals surface area contributed by atoms with Crippen LogP contribution in [-0.2, 0) is 9.98 Å². The molecule has 0 bridgehead atoms. The lowest BCUT2D eigenvalue weighted by atomic mass is 9.65. The molecule has 5 heteroatoms. The minimum atomic E-state index is -2.87. The molecule has 0 aromatic heterocycles. The predicted octanol–water partition coefficient (Wildman–Crippen LogP) is 3.34. The van der Waals surface area contributed by atoms with E-state index in [1.54, 1.807) is 12.1 Å². The molecule has 3 N–H and O–H groups in total. The Labute approximate surface area is 109 Å². The molecule has 0 fully saturated rings. The van der Waals surface area contributed by atoms with Gasteiger partial charge in [0.05, 0.1) is 0 Å². The third-order valence-corrected chi connectivity index (χ3v) is 3.46. The Bertz CT molecular complexity index is 386. The van der Waals surface area contributed by atoms with Crippen molar-refractivity contribution >= 4 is 8.25 Å². The molecule has 0 heterocycles. The molecule has 0 unspecified atom stereocenters. The highest BCUT2D eigenvalue weighted by Crippen LogP contribution is 2.40. The highest BCUT2D eigenvalue weighted by atomic mass is 31.1. The number of phenols is 1. The van der Waals surface area contributed by atoms with E-state index in [4.69, 9.17) is 14.4 Å². The normalized spacial score (nSPS) is 11.5. The fraction of sp³-hybridized carbons (Fsp3) is 0.538. The van der Waals surface area contributed by atoms with Crippen LogP contribution in [0.3, 0.4) is 0 Å². The number of phenolic OH excluding ortho intramolecular Hbond substituents is 1. The van der Waals surface area contributed by atoms with Gasteiger partial charge in [-0.1, -0.05) is 46.8 Å². The van der Waals surface area contributed by atoms with E-state index in [9.17, 15) is 5.11 Å². The predicted molar refractivity (Wildman–Crippen MR) is 72.6 cm³/mol. The SMILES string of the molecule is CC(C)(C)C(C)(C)c1ccc(O)cc1.O=[P+](O)O. The summed E-state index contributed by atoms with van der Waals surface area (Å²) in [5, 5.41) is 9.23. The fourth-order valence-electron chi connectivity index (χ4n) is 1.31. The minimum Gasteiger partial charge on any atom is -0.508 e. The van der Waals surface area contributed by atoms with Crippen molar-refractivity contribution in [2.75, 3.05) is 0 Å². The van der Waals surface area contributed by atoms with E-state index in [1.165, 1.54) is 5.56 Å². The molecule has 18 heavy (non-hydrogen) atoms. The first-order chi connectivity index (χ1) is 7.98. The molecule has 0 amide bonds. The zero-order valence-electron chi connectivity index (χ0n) is 11.5. The number of hydrogen-bond acceptors (Lipinski definition) is 2. The van der Waals surface area contributed by atoms with Crippen molar-refractivity contribution in [1.82, 2.24) is 0 Å². The van der Waals surface area contributed by atoms with Crippen LogP contribution in [0.2, 0.25) is 0 Å². The Morgan fingerprint density at radius 3 is 1.56 bits per heavy atom. The molecule has 0 saturated heterocycles. The number of hydrogen-bond donors (Lipinski definition) is 3. The maximum atomic E-state index is 9.23. The lowest BCUT2D eigenvalue weighted by Crippen LogP contribution is -2.33. The van der Waals surface area contributed by atoms with Gasteiger partial charge in [-0.15, -0.1) is 9.79 Å². The van der Waals surface area contributed by atoms with Crippen LogP contribution in [0.25, 0.3) is 0 Å². The van der Waals surface area contributed by atoms with Crippen LogP contribution in [0.4, 0.5) is 0 Å². The van der Waals surface area contributed by atoms with E-state index in [0.29, 0.717) is 5.75 Å². The maximum absolute atomic E-state index is 9.23. The van der Waals surface area contributed by atoms with Crippen molar-refractivity contribution in [3.8, 4) is 5.75 Å². The first-order valence-electron chi connectivity index (χ1n) is 5.63. The molecule has 1 rings (SSSR count). The van der Waals surface area contributed by atoms with E-state index in [-0.39, 0.29) is 10.8 Å². The molecule has 0 aliphatic heterocycles. The number of aromatic hydroxyl groups is 1. The largest absolute Gasteiger partial charge is 0.692 e. The molecule has 1 aromatic rings. The van der Waals surface area contributed by atoms with Gasteiger partial charge in [0.2, 0.25) is 0 Å². The van der Waals surface area contributed by atoms with Crippen LogP contribution in [-0.4, -0.2) is 14.9 Å². The zero-order chi connectivity index (χ0) is 14.6. The van der Waals surface area contributed by atoms with Gasteiger partial charge in [-0.3, -0.25) is 0 Å². The van der Waals surface area contributed by atoms with Crippen molar-refractivity contribution in [2.24, 2.45) is 5.41 Å². The van der Waals surface area contributed by atoms with Crippen molar-refractivity contribution in [1.29, 1.82) is 0 Å². The van der Waals surface area contributed by atoms with Crippen LogP contribution >= 0.6 is 8.25 Å². The molecule has 102 valence electrons. The maximum Gasteiger partial charge on any atom is 0.692 e. The standard InChI is InChI=1S/C13H20O.HO3P/c1-12(2,3)13(4,5)10-6-8-11(14)9-7-10;1-4(2)3/h6-9,14H,1-5H3;(H-,1,2,3)/p+1. The van der Waals surface area contributed by atoms with Gasteiger partial charge in [0, 0.05) is 4.57 Å². The van der Waals surface area contributed by atoms with Gasteiger partial charge in [-0.2, -0.15) is 0 Å². The summed E-state index contributed by atoms with van der Waals surface area (Å²) in [4.78, 5) is 14.2. The van der Waals surface area contributed by atoms with Gasteiger partial charge in [-0.05, 0) is 28.5 Å². The summed E-state index contributed by atoms with van der Waals surface area (Å²) in [6, 6.07) is 7.51. The summed E-state index contributed by atoms with van der Waals surface area (Å²) in [6.45, 7) is 11.2. The minimum absolute atomic E-state index is 0.112. The molecule has 4 nitrogen and oxygen atoms in total. The Morgan fingerprint density at radius 1 is 0.944 bits per heavy atom. The summed E-state index contributed by atoms with van der Waals surface area (Å²) >= 11 is 0. The zero-order valence-corrected chi connectivity index (χ0v) is 12.4. The first kappa shape index (κ1) is 17.0. The van der Waals surface area contributed by atoms with E-state index in [2.05, 4.69) is 34.6 Å². The van der Waals surface area contributed by atoms with Crippen LogP contribution in [0.5, 0.6) is 5.75 Å². The van der Waals surface area contributed by atoms with E-state index >= 15 is 0 Å². The summed E-state index contributed by atoms with van der Waals surface area (Å²) in [5.41, 5.74) is 1.59. The van der Waals surface area contributed by atoms with Crippen LogP contribution in [0.1, 0.15) is 40.2 Å². The molecular formula is C13H22O4P+. The Kier molecular flexibility index (Phi) is 5.94. The molecule has 1 aromatic carbocycles. The Morgan fingerprint density at radius 2 is 1.28 bits per heavy atom. The highest BCUT2D eigenvalue weighted by molar-refractivity contribution is 7.30. The molecule has 0 aliphatic rings. The van der Waals surface area contributed by atoms with E-state index in [0.717, 1.165) is 0 Å². The second kappa shape index (κ2) is 6.28. The smallest absolute Gasteiger partial charge is 0.508 e. The average Bonchev–Trinajstić information content (AvgIpc) is 2.15. The molecule has 0 saturated carbocycles. The van der Waals surface area contributed by atoms with Crippen LogP contribution < -0.4 is 0 Å². The van der Waals surface area contributed by atoms with Gasteiger partial charge in [0.1, 0.15) is 5.75 Å². The lowest BCUT2D eigenvalue weighted by molar-refractivity contribution is 0.225. The number of rotatable bonds is 1. The fourth-order valence-corrected chi connectivity index (χ4v) is 1.31. The Hall–Kier alpha value is -0.960. The summed E-state index contributed by atoms with van der Waals surface area (Å²) < 4.78 is 8.70. The molecular weight excluding hydrogens is 251 g/mol. The lowest BCUT2D eigenvalue weighted by Gasteiger charge is -2.39. The van der Waals surface area contributed by atoms with Gasteiger partial charge >= 0.3 is 8.25 Å². The molecule has 0 atom stereocenters. The number of benzene rings is 1. The quantitative estimate of drug-likeness (QED) is 0.686. The molecule has 0 aliphatic carbocycles. The molecule has 0 spiro atoms. The Balaban J connectivity index is 0.000000631. The second-order valence-corrected chi connectivity index (χ2v) is 6.18. The van der Waals surface area contributed by atoms with Crippen LogP contribution in [0.15, 0.2) is 24.3 Å². The third-order valence-electron chi connectivity index (χ3n) is 3.46. The van der Waals surface area contributed by atoms with Gasteiger partial charge in [0.25, 0.3) is 0 Å². The van der Waals surface area contributed by atoms with Gasteiger partial charge in [0.15, 0.2) is 0 Å². The van der Waals surface area contributed by atoms with Crippen LogP contribution in [0, 0.1) is 5.41 Å². The van der Waals surface area contributed by atoms with Gasteiger partial charge in [-0.25, -0.2) is 0 Å². The van der Waals surface area contributed by atoms with E-state index in [1.807, 2.05) is 12.1 Å². The monoisotopic (exact) mass is 273 g/mol. The third kappa shape index (κ3) is 5.13. The second-order valence-electron chi connectivity index (χ2n) is 5.67. The average molecular weight is 273 g/mol. The first-order valence-corrected chi connectivity index (χ1v) is 6.79. The molecule has 0 radical (unpaired) electrons. The highest BCUT2D eigenvalue weighted by Gasteiger charge is 2.34. The summed E-state index contributed by atoms with van der Waals surface area (Å²) in [6.07, 6.45) is 0. The van der Waals surface area contributed by atoms with Crippen molar-refractivity contribution in [3.05, 3.63) is 29.8 Å². The van der Waals surface area contributed by atoms with Crippen molar-refractivity contribution in [3.63, 3.8) is 0 Å². The van der Waals surface area contributed by atoms with E-state index < -0.39 is 8.25 Å². The van der Waals surface area contributed by atoms with Crippen molar-refractivity contribution < 1.29 is 19.5 Å².